The van der Waals surface area contributed by atoms with Gasteiger partial charge in [-0.2, -0.15) is 0 Å². The largest absolute Gasteiger partial charge is 0.383 e. The average Bonchev–Trinajstić information content (AvgIpc) is 2.35. The van der Waals surface area contributed by atoms with Crippen LogP contribution in [0.3, 0.4) is 0 Å². The Bertz CT molecular complexity index is 238. The van der Waals surface area contributed by atoms with Gasteiger partial charge in [0.05, 0.1) is 6.61 Å². The lowest BCUT2D eigenvalue weighted by atomic mass is 9.96. The van der Waals surface area contributed by atoms with Gasteiger partial charge >= 0.3 is 6.03 Å². The molecule has 0 unspecified atom stereocenters. The molecular weight excluding hydrogens is 228 g/mol. The lowest BCUT2D eigenvalue weighted by molar-refractivity contribution is 0.140. The van der Waals surface area contributed by atoms with E-state index in [1.54, 1.807) is 7.11 Å². The zero-order chi connectivity index (χ0) is 13.4. The molecule has 1 fully saturated rings. The summed E-state index contributed by atoms with van der Waals surface area (Å²) < 4.78 is 5.07. The van der Waals surface area contributed by atoms with Crippen LogP contribution in [0.25, 0.3) is 0 Å². The van der Waals surface area contributed by atoms with Gasteiger partial charge in [0, 0.05) is 26.2 Å². The molecule has 1 N–H and O–H groups in total. The van der Waals surface area contributed by atoms with E-state index in [0.29, 0.717) is 25.1 Å². The molecule has 1 aliphatic rings. The number of rotatable bonds is 6. The number of amides is 2. The van der Waals surface area contributed by atoms with Crippen LogP contribution in [-0.4, -0.2) is 43.8 Å². The lowest BCUT2D eigenvalue weighted by Gasteiger charge is -2.29. The van der Waals surface area contributed by atoms with Crippen molar-refractivity contribution in [2.24, 2.45) is 5.92 Å². The Balaban J connectivity index is 2.40. The number of urea groups is 1. The fourth-order valence-corrected chi connectivity index (χ4v) is 2.43. The predicted molar refractivity (Wildman–Crippen MR) is 73.7 cm³/mol. The molecule has 0 saturated heterocycles. The monoisotopic (exact) mass is 256 g/mol. The summed E-state index contributed by atoms with van der Waals surface area (Å²) in [7, 11) is 1.67. The first-order valence-electron chi connectivity index (χ1n) is 7.18. The second-order valence-electron chi connectivity index (χ2n) is 5.62. The minimum atomic E-state index is 0.0765. The van der Waals surface area contributed by atoms with Gasteiger partial charge in [-0.1, -0.05) is 33.1 Å². The highest BCUT2D eigenvalue weighted by Crippen LogP contribution is 2.17. The van der Waals surface area contributed by atoms with Crippen molar-refractivity contribution >= 4 is 6.03 Å². The van der Waals surface area contributed by atoms with E-state index >= 15 is 0 Å². The smallest absolute Gasteiger partial charge is 0.317 e. The zero-order valence-electron chi connectivity index (χ0n) is 12.1. The van der Waals surface area contributed by atoms with Gasteiger partial charge in [0.15, 0.2) is 0 Å². The predicted octanol–water partition coefficient (Wildman–Crippen LogP) is 2.63. The highest BCUT2D eigenvalue weighted by molar-refractivity contribution is 5.74. The van der Waals surface area contributed by atoms with Crippen LogP contribution in [0.1, 0.15) is 46.0 Å². The van der Waals surface area contributed by atoms with Crippen molar-refractivity contribution in [2.75, 3.05) is 26.8 Å². The van der Waals surface area contributed by atoms with Crippen molar-refractivity contribution in [1.29, 1.82) is 0 Å². The Kier molecular flexibility index (Phi) is 7.09. The van der Waals surface area contributed by atoms with Crippen molar-refractivity contribution in [1.82, 2.24) is 10.2 Å². The quantitative estimate of drug-likeness (QED) is 0.793. The van der Waals surface area contributed by atoms with Crippen LogP contribution in [0, 0.1) is 5.92 Å². The van der Waals surface area contributed by atoms with Crippen molar-refractivity contribution in [3.05, 3.63) is 0 Å². The summed E-state index contributed by atoms with van der Waals surface area (Å²) in [5.41, 5.74) is 0. The van der Waals surface area contributed by atoms with E-state index in [1.165, 1.54) is 19.3 Å². The van der Waals surface area contributed by atoms with Crippen molar-refractivity contribution < 1.29 is 9.53 Å². The van der Waals surface area contributed by atoms with Gasteiger partial charge in [-0.25, -0.2) is 4.79 Å². The van der Waals surface area contributed by atoms with Gasteiger partial charge < -0.3 is 15.0 Å². The second-order valence-corrected chi connectivity index (χ2v) is 5.62. The fraction of sp³-hybridized carbons (Fsp3) is 0.929. The summed E-state index contributed by atoms with van der Waals surface area (Å²) in [6, 6.07) is 0.455. The Morgan fingerprint density at radius 3 is 2.56 bits per heavy atom. The summed E-state index contributed by atoms with van der Waals surface area (Å²) in [6.45, 7) is 6.33. The Labute approximate surface area is 111 Å². The molecule has 0 aromatic carbocycles. The molecule has 0 aromatic rings. The van der Waals surface area contributed by atoms with E-state index in [4.69, 9.17) is 4.74 Å². The molecule has 0 heterocycles. The fourth-order valence-electron chi connectivity index (χ4n) is 2.43. The molecule has 0 spiro atoms. The molecule has 0 radical (unpaired) electrons. The first-order chi connectivity index (χ1) is 8.63. The second kappa shape index (κ2) is 8.35. The number of hydrogen-bond donors (Lipinski definition) is 1. The third-order valence-electron chi connectivity index (χ3n) is 3.37. The first-order valence-corrected chi connectivity index (χ1v) is 7.18. The number of carbonyl (C=O) groups is 1. The Hall–Kier alpha value is -0.770. The van der Waals surface area contributed by atoms with Crippen LogP contribution in [0.2, 0.25) is 0 Å². The average molecular weight is 256 g/mol. The first kappa shape index (κ1) is 15.3. The lowest BCUT2D eigenvalue weighted by Crippen LogP contribution is -2.47. The van der Waals surface area contributed by atoms with E-state index in [0.717, 1.165) is 19.4 Å². The van der Waals surface area contributed by atoms with Gasteiger partial charge in [0.25, 0.3) is 0 Å². The highest BCUT2D eigenvalue weighted by atomic mass is 16.5. The molecule has 1 saturated carbocycles. The summed E-state index contributed by atoms with van der Waals surface area (Å²) in [6.07, 6.45) is 6.06. The molecule has 18 heavy (non-hydrogen) atoms. The molecule has 0 bridgehead atoms. The Morgan fingerprint density at radius 2 is 2.00 bits per heavy atom. The molecule has 1 aliphatic carbocycles. The maximum absolute atomic E-state index is 12.2. The van der Waals surface area contributed by atoms with Crippen LogP contribution in [-0.2, 0) is 4.74 Å². The third-order valence-corrected chi connectivity index (χ3v) is 3.37. The summed E-state index contributed by atoms with van der Waals surface area (Å²) in [5, 5.41) is 3.16. The molecule has 0 aromatic heterocycles. The van der Waals surface area contributed by atoms with Crippen LogP contribution >= 0.6 is 0 Å². The molecule has 0 aliphatic heterocycles. The van der Waals surface area contributed by atoms with Gasteiger partial charge in [-0.15, -0.1) is 0 Å². The highest BCUT2D eigenvalue weighted by Gasteiger charge is 2.20. The summed E-state index contributed by atoms with van der Waals surface area (Å²) in [4.78, 5) is 14.1. The normalized spacial score (nSPS) is 16.9. The Morgan fingerprint density at radius 1 is 1.33 bits per heavy atom. The van der Waals surface area contributed by atoms with Gasteiger partial charge in [-0.3, -0.25) is 0 Å². The number of ether oxygens (including phenoxy) is 1. The number of nitrogens with zero attached hydrogens (tertiary/aromatic N) is 1. The zero-order valence-corrected chi connectivity index (χ0v) is 12.1. The van der Waals surface area contributed by atoms with Crippen LogP contribution in [0.15, 0.2) is 0 Å². The molecule has 2 amide bonds. The number of hydrogen-bond acceptors (Lipinski definition) is 2. The van der Waals surface area contributed by atoms with Crippen molar-refractivity contribution in [3.8, 4) is 0 Å². The van der Waals surface area contributed by atoms with E-state index in [-0.39, 0.29) is 6.03 Å². The van der Waals surface area contributed by atoms with Gasteiger partial charge in [0.2, 0.25) is 0 Å². The molecule has 4 nitrogen and oxygen atoms in total. The maximum atomic E-state index is 12.2. The SMILES string of the molecule is COCCN(CC(C)C)C(=O)NC1CCCCC1. The van der Waals surface area contributed by atoms with Gasteiger partial charge in [-0.05, 0) is 18.8 Å². The van der Waals surface area contributed by atoms with E-state index in [2.05, 4.69) is 19.2 Å². The summed E-state index contributed by atoms with van der Waals surface area (Å²) >= 11 is 0. The molecule has 0 atom stereocenters. The van der Waals surface area contributed by atoms with Crippen LogP contribution in [0.5, 0.6) is 0 Å². The number of methoxy groups -OCH3 is 1. The van der Waals surface area contributed by atoms with Crippen molar-refractivity contribution in [3.63, 3.8) is 0 Å². The molecule has 4 heteroatoms. The molecular formula is C14H28N2O2. The van der Waals surface area contributed by atoms with Crippen LogP contribution in [0.4, 0.5) is 4.79 Å². The standard InChI is InChI=1S/C14H28N2O2/c1-12(2)11-16(9-10-18-3)14(17)15-13-7-5-4-6-8-13/h12-13H,4-11H2,1-3H3,(H,15,17). The topological polar surface area (TPSA) is 41.6 Å². The minimum Gasteiger partial charge on any atom is -0.383 e. The van der Waals surface area contributed by atoms with E-state index in [1.807, 2.05) is 4.90 Å². The maximum Gasteiger partial charge on any atom is 0.317 e. The van der Waals surface area contributed by atoms with E-state index in [9.17, 15) is 4.79 Å². The summed E-state index contributed by atoms with van der Waals surface area (Å²) in [5.74, 6) is 0.485. The van der Waals surface area contributed by atoms with E-state index < -0.39 is 0 Å². The molecule has 106 valence electrons. The van der Waals surface area contributed by atoms with Gasteiger partial charge in [0.1, 0.15) is 0 Å². The molecule has 1 rings (SSSR count). The number of nitrogens with one attached hydrogen (secondary N) is 1. The number of carbonyl (C=O) groups excluding carboxylic acids is 1. The minimum absolute atomic E-state index is 0.0765. The van der Waals surface area contributed by atoms with Crippen LogP contribution < -0.4 is 5.32 Å². The third kappa shape index (κ3) is 5.71. The van der Waals surface area contributed by atoms with Crippen molar-refractivity contribution in [2.45, 2.75) is 52.0 Å².